The summed E-state index contributed by atoms with van der Waals surface area (Å²) in [6.07, 6.45) is 1.37. The first-order valence-electron chi connectivity index (χ1n) is 6.73. The van der Waals surface area contributed by atoms with Gasteiger partial charge in [-0.25, -0.2) is 0 Å². The number of nitrogens with one attached hydrogen (secondary N) is 1. The first-order chi connectivity index (χ1) is 9.66. The molecule has 1 unspecified atom stereocenters. The van der Waals surface area contributed by atoms with Crippen LogP contribution >= 0.6 is 23.2 Å². The smallest absolute Gasteiger partial charge is 0.139 e. The van der Waals surface area contributed by atoms with Crippen LogP contribution < -0.4 is 10.1 Å². The third-order valence-electron chi connectivity index (χ3n) is 3.21. The number of rotatable bonds is 6. The molecule has 0 radical (unpaired) electrons. The maximum absolute atomic E-state index is 9.91. The van der Waals surface area contributed by atoms with Crippen molar-refractivity contribution in [3.05, 3.63) is 28.2 Å². The molecule has 0 aromatic heterocycles. The fourth-order valence-corrected chi connectivity index (χ4v) is 2.39. The lowest BCUT2D eigenvalue weighted by Crippen LogP contribution is -2.40. The van der Waals surface area contributed by atoms with E-state index in [0.717, 1.165) is 26.1 Å². The van der Waals surface area contributed by atoms with Crippen molar-refractivity contribution in [3.63, 3.8) is 0 Å². The number of ether oxygens (including phenoxy) is 2. The highest BCUT2D eigenvalue weighted by atomic mass is 35.5. The molecule has 2 N–H and O–H groups in total. The van der Waals surface area contributed by atoms with Gasteiger partial charge in [0.25, 0.3) is 0 Å². The molecule has 1 saturated heterocycles. The van der Waals surface area contributed by atoms with Crippen LogP contribution in [0.25, 0.3) is 0 Å². The Morgan fingerprint density at radius 1 is 1.35 bits per heavy atom. The minimum absolute atomic E-state index is 0.177. The second-order valence-electron chi connectivity index (χ2n) is 4.81. The van der Waals surface area contributed by atoms with Crippen molar-refractivity contribution in [1.29, 1.82) is 0 Å². The minimum atomic E-state index is -0.590. The highest BCUT2D eigenvalue weighted by molar-refractivity contribution is 6.42. The van der Waals surface area contributed by atoms with Crippen molar-refractivity contribution in [2.75, 3.05) is 26.4 Å². The Morgan fingerprint density at radius 2 is 2.10 bits per heavy atom. The topological polar surface area (TPSA) is 50.7 Å². The first-order valence-corrected chi connectivity index (χ1v) is 7.48. The normalized spacial score (nSPS) is 17.9. The summed E-state index contributed by atoms with van der Waals surface area (Å²) in [5.41, 5.74) is 0. The average molecular weight is 320 g/mol. The standard InChI is InChI=1S/C14H19Cl2NO3/c15-12-2-1-3-13(14(12)16)20-9-11(18)8-17-10-4-6-19-7-5-10/h1-3,10-11,17-18H,4-9H2. The molecule has 0 aliphatic carbocycles. The summed E-state index contributed by atoms with van der Waals surface area (Å²) in [6, 6.07) is 5.59. The molecule has 1 aromatic rings. The summed E-state index contributed by atoms with van der Waals surface area (Å²) in [7, 11) is 0. The highest BCUT2D eigenvalue weighted by Crippen LogP contribution is 2.31. The fraction of sp³-hybridized carbons (Fsp3) is 0.571. The van der Waals surface area contributed by atoms with E-state index in [4.69, 9.17) is 32.7 Å². The van der Waals surface area contributed by atoms with E-state index in [9.17, 15) is 5.11 Å². The van der Waals surface area contributed by atoms with E-state index in [1.165, 1.54) is 0 Å². The number of halogens is 2. The van der Waals surface area contributed by atoms with Gasteiger partial charge in [0, 0.05) is 25.8 Å². The molecular formula is C14H19Cl2NO3. The van der Waals surface area contributed by atoms with Gasteiger partial charge in [-0.2, -0.15) is 0 Å². The molecule has 4 nitrogen and oxygen atoms in total. The number of aliphatic hydroxyl groups is 1. The van der Waals surface area contributed by atoms with Crippen LogP contribution in [0.1, 0.15) is 12.8 Å². The van der Waals surface area contributed by atoms with Crippen molar-refractivity contribution >= 4 is 23.2 Å². The van der Waals surface area contributed by atoms with E-state index in [2.05, 4.69) is 5.32 Å². The van der Waals surface area contributed by atoms with E-state index in [1.807, 2.05) is 0 Å². The Hall–Kier alpha value is -0.520. The van der Waals surface area contributed by atoms with Gasteiger partial charge in [-0.05, 0) is 25.0 Å². The molecule has 6 heteroatoms. The maximum Gasteiger partial charge on any atom is 0.139 e. The molecule has 1 aromatic carbocycles. The number of hydrogen-bond acceptors (Lipinski definition) is 4. The number of hydrogen-bond donors (Lipinski definition) is 2. The molecule has 1 fully saturated rings. The Bertz CT molecular complexity index is 425. The zero-order chi connectivity index (χ0) is 14.4. The summed E-state index contributed by atoms with van der Waals surface area (Å²) in [6.45, 7) is 2.23. The molecule has 0 bridgehead atoms. The van der Waals surface area contributed by atoms with Crippen LogP contribution in [0.4, 0.5) is 0 Å². The third-order valence-corrected chi connectivity index (χ3v) is 4.01. The quantitative estimate of drug-likeness (QED) is 0.846. The fourth-order valence-electron chi connectivity index (χ4n) is 2.04. The predicted molar refractivity (Wildman–Crippen MR) is 79.8 cm³/mol. The molecule has 1 heterocycles. The van der Waals surface area contributed by atoms with Crippen LogP contribution in [0, 0.1) is 0 Å². The average Bonchev–Trinajstić information content (AvgIpc) is 2.48. The highest BCUT2D eigenvalue weighted by Gasteiger charge is 2.15. The third kappa shape index (κ3) is 4.79. The molecule has 20 heavy (non-hydrogen) atoms. The molecule has 1 aliphatic rings. The Balaban J connectivity index is 1.71. The zero-order valence-corrected chi connectivity index (χ0v) is 12.7. The monoisotopic (exact) mass is 319 g/mol. The zero-order valence-electron chi connectivity index (χ0n) is 11.1. The van der Waals surface area contributed by atoms with Gasteiger partial charge in [0.05, 0.1) is 5.02 Å². The number of aliphatic hydroxyl groups excluding tert-OH is 1. The van der Waals surface area contributed by atoms with E-state index in [1.54, 1.807) is 18.2 Å². The van der Waals surface area contributed by atoms with Gasteiger partial charge in [0.15, 0.2) is 0 Å². The lowest BCUT2D eigenvalue weighted by atomic mass is 10.1. The summed E-state index contributed by atoms with van der Waals surface area (Å²) < 4.78 is 10.8. The van der Waals surface area contributed by atoms with Gasteiger partial charge in [-0.15, -0.1) is 0 Å². The Labute approximate surface area is 129 Å². The van der Waals surface area contributed by atoms with Crippen molar-refractivity contribution < 1.29 is 14.6 Å². The Kier molecular flexibility index (Phi) is 6.39. The molecule has 112 valence electrons. The SMILES string of the molecule is OC(CNC1CCOCC1)COc1cccc(Cl)c1Cl. The van der Waals surface area contributed by atoms with Crippen LogP contribution in [-0.4, -0.2) is 43.6 Å². The second kappa shape index (κ2) is 8.05. The van der Waals surface area contributed by atoms with Gasteiger partial charge in [-0.3, -0.25) is 0 Å². The summed E-state index contributed by atoms with van der Waals surface area (Å²) in [5.74, 6) is 0.490. The molecule has 1 aliphatic heterocycles. The molecule has 0 amide bonds. The lowest BCUT2D eigenvalue weighted by molar-refractivity contribution is 0.0655. The van der Waals surface area contributed by atoms with Gasteiger partial charge in [0.1, 0.15) is 23.5 Å². The van der Waals surface area contributed by atoms with Gasteiger partial charge >= 0.3 is 0 Å². The van der Waals surface area contributed by atoms with Gasteiger partial charge in [0.2, 0.25) is 0 Å². The van der Waals surface area contributed by atoms with E-state index in [0.29, 0.717) is 28.4 Å². The molecular weight excluding hydrogens is 301 g/mol. The summed E-state index contributed by atoms with van der Waals surface area (Å²) in [5, 5.41) is 14.0. The van der Waals surface area contributed by atoms with Crippen LogP contribution in [-0.2, 0) is 4.74 Å². The van der Waals surface area contributed by atoms with Crippen molar-refractivity contribution in [1.82, 2.24) is 5.32 Å². The van der Waals surface area contributed by atoms with Crippen LogP contribution in [0.15, 0.2) is 18.2 Å². The van der Waals surface area contributed by atoms with Crippen LogP contribution in [0.3, 0.4) is 0 Å². The van der Waals surface area contributed by atoms with Crippen LogP contribution in [0.2, 0.25) is 10.0 Å². The summed E-state index contributed by atoms with van der Waals surface area (Å²) >= 11 is 11.9. The number of benzene rings is 1. The van der Waals surface area contributed by atoms with Crippen molar-refractivity contribution in [2.45, 2.75) is 25.0 Å². The Morgan fingerprint density at radius 3 is 2.85 bits per heavy atom. The van der Waals surface area contributed by atoms with Gasteiger partial charge < -0.3 is 19.9 Å². The predicted octanol–water partition coefficient (Wildman–Crippen LogP) is 2.50. The first kappa shape index (κ1) is 15.9. The van der Waals surface area contributed by atoms with E-state index < -0.39 is 6.10 Å². The van der Waals surface area contributed by atoms with Crippen LogP contribution in [0.5, 0.6) is 5.75 Å². The maximum atomic E-state index is 9.91. The second-order valence-corrected chi connectivity index (χ2v) is 5.60. The van der Waals surface area contributed by atoms with Crippen molar-refractivity contribution in [2.24, 2.45) is 0 Å². The van der Waals surface area contributed by atoms with E-state index >= 15 is 0 Å². The largest absolute Gasteiger partial charge is 0.489 e. The molecule has 2 rings (SSSR count). The van der Waals surface area contributed by atoms with E-state index in [-0.39, 0.29) is 6.61 Å². The lowest BCUT2D eigenvalue weighted by Gasteiger charge is -2.24. The minimum Gasteiger partial charge on any atom is -0.489 e. The molecule has 1 atom stereocenters. The van der Waals surface area contributed by atoms with Crippen molar-refractivity contribution in [3.8, 4) is 5.75 Å². The molecule has 0 saturated carbocycles. The molecule has 0 spiro atoms. The summed E-state index contributed by atoms with van der Waals surface area (Å²) in [4.78, 5) is 0. The van der Waals surface area contributed by atoms with Gasteiger partial charge in [-0.1, -0.05) is 29.3 Å².